The SMILES string of the molecule is CCC1(CNC(=O)c2cccc(Cl)n2)CCC1. The third kappa shape index (κ3) is 2.78. The van der Waals surface area contributed by atoms with Crippen LogP contribution in [0.15, 0.2) is 18.2 Å². The number of amides is 1. The number of aromatic nitrogens is 1. The van der Waals surface area contributed by atoms with Gasteiger partial charge in [-0.2, -0.15) is 0 Å². The first-order chi connectivity index (χ1) is 8.15. The maximum absolute atomic E-state index is 11.9. The van der Waals surface area contributed by atoms with Gasteiger partial charge in [-0.15, -0.1) is 0 Å². The van der Waals surface area contributed by atoms with Gasteiger partial charge < -0.3 is 5.32 Å². The van der Waals surface area contributed by atoms with Crippen LogP contribution in [-0.2, 0) is 0 Å². The van der Waals surface area contributed by atoms with Crippen molar-refractivity contribution in [2.24, 2.45) is 5.41 Å². The molecule has 4 heteroatoms. The van der Waals surface area contributed by atoms with E-state index in [4.69, 9.17) is 11.6 Å². The predicted molar refractivity (Wildman–Crippen MR) is 68.2 cm³/mol. The number of pyridine rings is 1. The monoisotopic (exact) mass is 252 g/mol. The summed E-state index contributed by atoms with van der Waals surface area (Å²) in [6, 6.07) is 5.08. The van der Waals surface area contributed by atoms with Gasteiger partial charge in [-0.1, -0.05) is 31.0 Å². The fourth-order valence-electron chi connectivity index (χ4n) is 2.23. The average Bonchev–Trinajstić information content (AvgIpc) is 2.28. The van der Waals surface area contributed by atoms with Gasteiger partial charge in [0.05, 0.1) is 0 Å². The summed E-state index contributed by atoms with van der Waals surface area (Å²) in [4.78, 5) is 15.9. The van der Waals surface area contributed by atoms with Gasteiger partial charge in [-0.3, -0.25) is 4.79 Å². The fraction of sp³-hybridized carbons (Fsp3) is 0.538. The Morgan fingerprint density at radius 1 is 1.53 bits per heavy atom. The molecule has 3 nitrogen and oxygen atoms in total. The van der Waals surface area contributed by atoms with Crippen LogP contribution in [0.4, 0.5) is 0 Å². The number of hydrogen-bond acceptors (Lipinski definition) is 2. The Kier molecular flexibility index (Phi) is 3.67. The van der Waals surface area contributed by atoms with E-state index >= 15 is 0 Å². The second-order valence-electron chi connectivity index (χ2n) is 4.74. The quantitative estimate of drug-likeness (QED) is 0.837. The molecule has 0 aliphatic heterocycles. The molecule has 1 fully saturated rings. The summed E-state index contributed by atoms with van der Waals surface area (Å²) < 4.78 is 0. The molecule has 0 radical (unpaired) electrons. The lowest BCUT2D eigenvalue weighted by molar-refractivity contribution is 0.0845. The molecule has 1 amide bonds. The van der Waals surface area contributed by atoms with E-state index in [-0.39, 0.29) is 5.91 Å². The van der Waals surface area contributed by atoms with E-state index in [0.717, 1.165) is 13.0 Å². The van der Waals surface area contributed by atoms with Gasteiger partial charge >= 0.3 is 0 Å². The first kappa shape index (κ1) is 12.4. The zero-order chi connectivity index (χ0) is 12.3. The molecular weight excluding hydrogens is 236 g/mol. The Balaban J connectivity index is 1.93. The molecular formula is C13H17ClN2O. The van der Waals surface area contributed by atoms with Gasteiger partial charge in [0, 0.05) is 6.54 Å². The lowest BCUT2D eigenvalue weighted by Crippen LogP contribution is -2.41. The van der Waals surface area contributed by atoms with E-state index in [1.807, 2.05) is 0 Å². The topological polar surface area (TPSA) is 42.0 Å². The first-order valence-corrected chi connectivity index (χ1v) is 6.44. The van der Waals surface area contributed by atoms with Gasteiger partial charge in [0.15, 0.2) is 0 Å². The summed E-state index contributed by atoms with van der Waals surface area (Å²) in [5.41, 5.74) is 0.719. The number of nitrogens with one attached hydrogen (secondary N) is 1. The summed E-state index contributed by atoms with van der Waals surface area (Å²) in [6.45, 7) is 2.93. The van der Waals surface area contributed by atoms with Crippen LogP contribution in [0.1, 0.15) is 43.1 Å². The van der Waals surface area contributed by atoms with Crippen LogP contribution in [0.25, 0.3) is 0 Å². The Morgan fingerprint density at radius 3 is 2.82 bits per heavy atom. The zero-order valence-electron chi connectivity index (χ0n) is 10.0. The van der Waals surface area contributed by atoms with Crippen molar-refractivity contribution in [3.63, 3.8) is 0 Å². The third-order valence-electron chi connectivity index (χ3n) is 3.74. The Morgan fingerprint density at radius 2 is 2.29 bits per heavy atom. The van der Waals surface area contributed by atoms with Gasteiger partial charge in [-0.05, 0) is 36.8 Å². The van der Waals surface area contributed by atoms with Gasteiger partial charge in [-0.25, -0.2) is 4.98 Å². The molecule has 1 aromatic rings. The van der Waals surface area contributed by atoms with Crippen LogP contribution in [0.5, 0.6) is 0 Å². The zero-order valence-corrected chi connectivity index (χ0v) is 10.8. The minimum absolute atomic E-state index is 0.132. The summed E-state index contributed by atoms with van der Waals surface area (Å²) in [6.07, 6.45) is 4.83. The number of halogens is 1. The molecule has 2 rings (SSSR count). The largest absolute Gasteiger partial charge is 0.350 e. The Bertz CT molecular complexity index is 410. The van der Waals surface area contributed by atoms with Crippen LogP contribution < -0.4 is 5.32 Å². The molecule has 1 aromatic heterocycles. The third-order valence-corrected chi connectivity index (χ3v) is 3.95. The van der Waals surface area contributed by atoms with Crippen molar-refractivity contribution >= 4 is 17.5 Å². The van der Waals surface area contributed by atoms with Gasteiger partial charge in [0.1, 0.15) is 10.8 Å². The minimum Gasteiger partial charge on any atom is -0.350 e. The van der Waals surface area contributed by atoms with Crippen molar-refractivity contribution in [3.05, 3.63) is 29.0 Å². The van der Waals surface area contributed by atoms with Crippen molar-refractivity contribution in [2.45, 2.75) is 32.6 Å². The van der Waals surface area contributed by atoms with E-state index in [2.05, 4.69) is 17.2 Å². The summed E-state index contributed by atoms with van der Waals surface area (Å²) in [7, 11) is 0. The lowest BCUT2D eigenvalue weighted by atomic mass is 9.67. The number of nitrogens with zero attached hydrogens (tertiary/aromatic N) is 1. The Labute approximate surface area is 107 Å². The van der Waals surface area contributed by atoms with E-state index in [0.29, 0.717) is 16.3 Å². The highest BCUT2D eigenvalue weighted by Gasteiger charge is 2.35. The molecule has 92 valence electrons. The second-order valence-corrected chi connectivity index (χ2v) is 5.12. The molecule has 1 aliphatic carbocycles. The molecule has 0 bridgehead atoms. The van der Waals surface area contributed by atoms with Gasteiger partial charge in [0.2, 0.25) is 0 Å². The molecule has 0 aromatic carbocycles. The highest BCUT2D eigenvalue weighted by molar-refractivity contribution is 6.29. The summed E-state index contributed by atoms with van der Waals surface area (Å²) >= 11 is 5.75. The molecule has 1 N–H and O–H groups in total. The lowest BCUT2D eigenvalue weighted by Gasteiger charge is -2.41. The van der Waals surface area contributed by atoms with Crippen LogP contribution in [0.2, 0.25) is 5.15 Å². The maximum atomic E-state index is 11.9. The molecule has 1 heterocycles. The standard InChI is InChI=1S/C13H17ClN2O/c1-2-13(7-4-8-13)9-15-12(17)10-5-3-6-11(14)16-10/h3,5-6H,2,4,7-9H2,1H3,(H,15,17). The Hall–Kier alpha value is -1.09. The van der Waals surface area contributed by atoms with Gasteiger partial charge in [0.25, 0.3) is 5.91 Å². The number of rotatable bonds is 4. The number of hydrogen-bond donors (Lipinski definition) is 1. The molecule has 0 spiro atoms. The van der Waals surface area contributed by atoms with Crippen LogP contribution in [0, 0.1) is 5.41 Å². The predicted octanol–water partition coefficient (Wildman–Crippen LogP) is 3.05. The molecule has 1 saturated carbocycles. The summed E-state index contributed by atoms with van der Waals surface area (Å²) in [5.74, 6) is -0.132. The van der Waals surface area contributed by atoms with E-state index in [1.54, 1.807) is 18.2 Å². The summed E-state index contributed by atoms with van der Waals surface area (Å²) in [5, 5.41) is 3.31. The molecule has 0 atom stereocenters. The van der Waals surface area contributed by atoms with E-state index in [1.165, 1.54) is 19.3 Å². The highest BCUT2D eigenvalue weighted by Crippen LogP contribution is 2.43. The van der Waals surface area contributed by atoms with Crippen molar-refractivity contribution < 1.29 is 4.79 Å². The minimum atomic E-state index is -0.132. The normalized spacial score (nSPS) is 17.3. The smallest absolute Gasteiger partial charge is 0.269 e. The molecule has 0 unspecified atom stereocenters. The molecule has 1 aliphatic rings. The molecule has 17 heavy (non-hydrogen) atoms. The van der Waals surface area contributed by atoms with Crippen molar-refractivity contribution in [1.29, 1.82) is 0 Å². The number of carbonyl (C=O) groups is 1. The number of carbonyl (C=O) groups excluding carboxylic acids is 1. The van der Waals surface area contributed by atoms with Crippen molar-refractivity contribution in [2.75, 3.05) is 6.54 Å². The molecule has 0 saturated heterocycles. The first-order valence-electron chi connectivity index (χ1n) is 6.06. The van der Waals surface area contributed by atoms with Crippen LogP contribution in [0.3, 0.4) is 0 Å². The van der Waals surface area contributed by atoms with Crippen LogP contribution >= 0.6 is 11.6 Å². The van der Waals surface area contributed by atoms with E-state index < -0.39 is 0 Å². The highest BCUT2D eigenvalue weighted by atomic mass is 35.5. The van der Waals surface area contributed by atoms with E-state index in [9.17, 15) is 4.79 Å². The maximum Gasteiger partial charge on any atom is 0.269 e. The van der Waals surface area contributed by atoms with Crippen LogP contribution in [-0.4, -0.2) is 17.4 Å². The average molecular weight is 253 g/mol. The van der Waals surface area contributed by atoms with Crippen molar-refractivity contribution in [3.8, 4) is 0 Å². The second kappa shape index (κ2) is 5.05. The fourth-order valence-corrected chi connectivity index (χ4v) is 2.39. The van der Waals surface area contributed by atoms with Crippen molar-refractivity contribution in [1.82, 2.24) is 10.3 Å².